The molecule has 2 rings (SSSR count). The number of aliphatic hydroxyl groups excluding tert-OH is 1. The molecule has 98 valence electrons. The van der Waals surface area contributed by atoms with Gasteiger partial charge in [-0.1, -0.05) is 0 Å². The Balaban J connectivity index is 2.08. The van der Waals surface area contributed by atoms with Crippen molar-refractivity contribution in [1.29, 1.82) is 0 Å². The van der Waals surface area contributed by atoms with Gasteiger partial charge in [-0.15, -0.1) is 0 Å². The minimum absolute atomic E-state index is 0.0649. The van der Waals surface area contributed by atoms with Gasteiger partial charge in [-0.25, -0.2) is 4.79 Å². The maximum absolute atomic E-state index is 12.1. The summed E-state index contributed by atoms with van der Waals surface area (Å²) in [6, 6.07) is 0. The van der Waals surface area contributed by atoms with E-state index in [2.05, 4.69) is 0 Å². The Bertz CT molecular complexity index is 312. The lowest BCUT2D eigenvalue weighted by molar-refractivity contribution is -0.0391. The third kappa shape index (κ3) is 2.40. The van der Waals surface area contributed by atoms with Gasteiger partial charge in [-0.2, -0.15) is 0 Å². The number of hydrogen-bond donors (Lipinski definition) is 1. The monoisotopic (exact) mass is 243 g/mol. The number of fused-ring (bicyclic) bond motifs is 2. The van der Waals surface area contributed by atoms with E-state index in [0.29, 0.717) is 19.6 Å². The topological polar surface area (TPSA) is 59.0 Å². The molecule has 0 spiro atoms. The summed E-state index contributed by atoms with van der Waals surface area (Å²) in [7, 11) is 0. The van der Waals surface area contributed by atoms with E-state index in [1.165, 1.54) is 0 Å². The van der Waals surface area contributed by atoms with Crippen molar-refractivity contribution in [3.63, 3.8) is 0 Å². The number of aliphatic hydroxyl groups is 1. The molecule has 0 unspecified atom stereocenters. The molecule has 0 aromatic rings. The Morgan fingerprint density at radius 3 is 2.82 bits per heavy atom. The molecule has 2 saturated heterocycles. The third-order valence-corrected chi connectivity index (χ3v) is 3.35. The average Bonchev–Trinajstić information content (AvgIpc) is 2.72. The number of hydrogen-bond acceptors (Lipinski definition) is 4. The summed E-state index contributed by atoms with van der Waals surface area (Å²) < 4.78 is 11.0. The van der Waals surface area contributed by atoms with Crippen LogP contribution in [0.3, 0.4) is 0 Å². The fourth-order valence-electron chi connectivity index (χ4n) is 2.62. The van der Waals surface area contributed by atoms with Gasteiger partial charge in [0.25, 0.3) is 0 Å². The van der Waals surface area contributed by atoms with E-state index >= 15 is 0 Å². The van der Waals surface area contributed by atoms with Crippen LogP contribution in [-0.2, 0) is 9.47 Å². The summed E-state index contributed by atoms with van der Waals surface area (Å²) >= 11 is 0. The lowest BCUT2D eigenvalue weighted by atomic mass is 9.95. The maximum Gasteiger partial charge on any atom is 0.410 e. The molecule has 5 heteroatoms. The van der Waals surface area contributed by atoms with E-state index in [-0.39, 0.29) is 24.3 Å². The number of rotatable bonds is 2. The Morgan fingerprint density at radius 2 is 2.29 bits per heavy atom. The molecule has 0 aliphatic carbocycles. The van der Waals surface area contributed by atoms with Gasteiger partial charge in [0.1, 0.15) is 5.60 Å². The first-order chi connectivity index (χ1) is 7.86. The van der Waals surface area contributed by atoms with Crippen LogP contribution in [0.1, 0.15) is 33.6 Å². The smallest absolute Gasteiger partial charge is 0.410 e. The first-order valence-electron chi connectivity index (χ1n) is 6.09. The molecule has 0 radical (unpaired) electrons. The van der Waals surface area contributed by atoms with Gasteiger partial charge in [-0.3, -0.25) is 4.90 Å². The standard InChI is InChI=1S/C12H21NO4/c1-11(2,3)17-10(15)13-7-9-6-12(13,4-5-14)8-16-9/h9,14H,4-8H2,1-3H3/t9-,12-/m0/s1. The second-order valence-corrected chi connectivity index (χ2v) is 5.93. The molecule has 2 aliphatic rings. The molecular formula is C12H21NO4. The van der Waals surface area contributed by atoms with Gasteiger partial charge in [-0.05, 0) is 27.2 Å². The van der Waals surface area contributed by atoms with E-state index in [9.17, 15) is 4.79 Å². The Kier molecular flexibility index (Phi) is 3.08. The summed E-state index contributed by atoms with van der Waals surface area (Å²) in [6.45, 7) is 6.72. The molecule has 0 aromatic carbocycles. The van der Waals surface area contributed by atoms with Gasteiger partial charge < -0.3 is 14.6 Å². The molecule has 17 heavy (non-hydrogen) atoms. The molecule has 2 atom stereocenters. The van der Waals surface area contributed by atoms with Crippen molar-refractivity contribution in [3.05, 3.63) is 0 Å². The Morgan fingerprint density at radius 1 is 1.59 bits per heavy atom. The van der Waals surface area contributed by atoms with Crippen molar-refractivity contribution in [3.8, 4) is 0 Å². The van der Waals surface area contributed by atoms with Crippen LogP contribution in [0.4, 0.5) is 4.79 Å². The molecule has 0 aromatic heterocycles. The highest BCUT2D eigenvalue weighted by molar-refractivity contribution is 5.70. The van der Waals surface area contributed by atoms with Crippen LogP contribution in [0.2, 0.25) is 0 Å². The zero-order valence-electron chi connectivity index (χ0n) is 10.7. The second kappa shape index (κ2) is 4.14. The van der Waals surface area contributed by atoms with E-state index in [4.69, 9.17) is 14.6 Å². The zero-order chi connectivity index (χ0) is 12.7. The van der Waals surface area contributed by atoms with Crippen molar-refractivity contribution in [1.82, 2.24) is 4.90 Å². The van der Waals surface area contributed by atoms with Crippen LogP contribution >= 0.6 is 0 Å². The SMILES string of the molecule is CC(C)(C)OC(=O)N1C[C@@H]2C[C@@]1(CCO)CO2. The number of amides is 1. The quantitative estimate of drug-likeness (QED) is 0.790. The van der Waals surface area contributed by atoms with E-state index in [0.717, 1.165) is 6.42 Å². The first-order valence-corrected chi connectivity index (χ1v) is 6.09. The lowest BCUT2D eigenvalue weighted by Crippen LogP contribution is -2.53. The number of ether oxygens (including phenoxy) is 2. The van der Waals surface area contributed by atoms with Crippen molar-refractivity contribution < 1.29 is 19.4 Å². The predicted octanol–water partition coefficient (Wildman–Crippen LogP) is 1.15. The third-order valence-electron chi connectivity index (χ3n) is 3.35. The molecular weight excluding hydrogens is 222 g/mol. The van der Waals surface area contributed by atoms with Crippen LogP contribution in [0.15, 0.2) is 0 Å². The van der Waals surface area contributed by atoms with Crippen molar-refractivity contribution >= 4 is 6.09 Å². The molecule has 2 fully saturated rings. The highest BCUT2D eigenvalue weighted by Gasteiger charge is 2.54. The summed E-state index contributed by atoms with van der Waals surface area (Å²) in [5.41, 5.74) is -0.831. The van der Waals surface area contributed by atoms with Gasteiger partial charge >= 0.3 is 6.09 Å². The van der Waals surface area contributed by atoms with Crippen LogP contribution in [0, 0.1) is 0 Å². The summed E-state index contributed by atoms with van der Waals surface area (Å²) in [5, 5.41) is 9.14. The minimum atomic E-state index is -0.486. The number of carbonyl (C=O) groups excluding carboxylic acids is 1. The van der Waals surface area contributed by atoms with Crippen LogP contribution in [0.25, 0.3) is 0 Å². The Labute approximate surface area is 102 Å². The average molecular weight is 243 g/mol. The Hall–Kier alpha value is -0.810. The van der Waals surface area contributed by atoms with E-state index in [1.54, 1.807) is 4.90 Å². The van der Waals surface area contributed by atoms with Crippen molar-refractivity contribution in [2.45, 2.75) is 50.9 Å². The van der Waals surface area contributed by atoms with Crippen LogP contribution in [-0.4, -0.2) is 53.1 Å². The molecule has 2 bridgehead atoms. The second-order valence-electron chi connectivity index (χ2n) is 5.93. The number of likely N-dealkylation sites (tertiary alicyclic amines) is 1. The fourth-order valence-corrected chi connectivity index (χ4v) is 2.62. The van der Waals surface area contributed by atoms with Gasteiger partial charge in [0.2, 0.25) is 0 Å². The van der Waals surface area contributed by atoms with Crippen molar-refractivity contribution in [2.24, 2.45) is 0 Å². The first kappa shape index (κ1) is 12.6. The molecule has 5 nitrogen and oxygen atoms in total. The molecule has 2 aliphatic heterocycles. The number of nitrogens with zero attached hydrogens (tertiary/aromatic N) is 1. The molecule has 1 N–H and O–H groups in total. The summed E-state index contributed by atoms with van der Waals surface area (Å²) in [6.07, 6.45) is 1.18. The molecule has 1 amide bonds. The van der Waals surface area contributed by atoms with Gasteiger partial charge in [0.15, 0.2) is 0 Å². The maximum atomic E-state index is 12.1. The number of carbonyl (C=O) groups is 1. The largest absolute Gasteiger partial charge is 0.444 e. The van der Waals surface area contributed by atoms with Crippen LogP contribution in [0.5, 0.6) is 0 Å². The zero-order valence-corrected chi connectivity index (χ0v) is 10.7. The summed E-state index contributed by atoms with van der Waals surface area (Å²) in [4.78, 5) is 13.8. The highest BCUT2D eigenvalue weighted by atomic mass is 16.6. The molecule has 0 saturated carbocycles. The molecule has 2 heterocycles. The summed E-state index contributed by atoms with van der Waals surface area (Å²) in [5.74, 6) is 0. The van der Waals surface area contributed by atoms with Crippen LogP contribution < -0.4 is 0 Å². The van der Waals surface area contributed by atoms with Crippen molar-refractivity contribution in [2.75, 3.05) is 19.8 Å². The fraction of sp³-hybridized carbons (Fsp3) is 0.917. The normalized spacial score (nSPS) is 32.0. The van der Waals surface area contributed by atoms with E-state index < -0.39 is 5.60 Å². The van der Waals surface area contributed by atoms with Gasteiger partial charge in [0.05, 0.1) is 24.8 Å². The number of morpholine rings is 1. The lowest BCUT2D eigenvalue weighted by Gasteiger charge is -2.38. The van der Waals surface area contributed by atoms with Gasteiger partial charge in [0, 0.05) is 13.0 Å². The highest BCUT2D eigenvalue weighted by Crippen LogP contribution is 2.41. The minimum Gasteiger partial charge on any atom is -0.444 e. The predicted molar refractivity (Wildman–Crippen MR) is 61.7 cm³/mol. The van der Waals surface area contributed by atoms with E-state index in [1.807, 2.05) is 20.8 Å².